The van der Waals surface area contributed by atoms with Crippen LogP contribution in [0.5, 0.6) is 11.5 Å². The maximum absolute atomic E-state index is 12.8. The van der Waals surface area contributed by atoms with Crippen molar-refractivity contribution in [3.05, 3.63) is 53.1 Å². The molecule has 130 valence electrons. The van der Waals surface area contributed by atoms with E-state index in [4.69, 9.17) is 9.47 Å². The summed E-state index contributed by atoms with van der Waals surface area (Å²) in [5, 5.41) is 0. The maximum Gasteiger partial charge on any atom is 0.243 e. The summed E-state index contributed by atoms with van der Waals surface area (Å²) in [6, 6.07) is 10.6. The number of sulfonamides is 1. The second-order valence-electron chi connectivity index (χ2n) is 5.66. The lowest BCUT2D eigenvalue weighted by atomic mass is 10.1. The predicted molar refractivity (Wildman–Crippen MR) is 94.1 cm³/mol. The lowest BCUT2D eigenvalue weighted by Crippen LogP contribution is -2.26. The minimum atomic E-state index is -3.58. The van der Waals surface area contributed by atoms with Gasteiger partial charge in [0.2, 0.25) is 10.0 Å². The molecule has 0 aliphatic rings. The monoisotopic (exact) mass is 349 g/mol. The van der Waals surface area contributed by atoms with Crippen molar-refractivity contribution in [3.63, 3.8) is 0 Å². The molecule has 0 unspecified atom stereocenters. The fraction of sp³-hybridized carbons (Fsp3) is 0.333. The topological polar surface area (TPSA) is 55.8 Å². The van der Waals surface area contributed by atoms with Crippen molar-refractivity contribution >= 4 is 10.0 Å². The molecule has 0 aromatic heterocycles. The van der Waals surface area contributed by atoms with Gasteiger partial charge in [0.15, 0.2) is 11.5 Å². The molecule has 2 aromatic carbocycles. The molecule has 0 atom stereocenters. The van der Waals surface area contributed by atoms with Gasteiger partial charge in [0.25, 0.3) is 0 Å². The van der Waals surface area contributed by atoms with Crippen molar-refractivity contribution in [2.24, 2.45) is 0 Å². The van der Waals surface area contributed by atoms with Gasteiger partial charge in [-0.15, -0.1) is 0 Å². The Morgan fingerprint density at radius 1 is 1.00 bits per heavy atom. The number of para-hydroxylation sites is 1. The molecule has 0 aliphatic carbocycles. The van der Waals surface area contributed by atoms with Gasteiger partial charge in [0.1, 0.15) is 0 Å². The molecule has 0 N–H and O–H groups in total. The highest BCUT2D eigenvalue weighted by Gasteiger charge is 2.23. The Hall–Kier alpha value is -2.05. The number of rotatable bonds is 6. The molecule has 2 rings (SSSR count). The second kappa shape index (κ2) is 7.23. The van der Waals surface area contributed by atoms with Gasteiger partial charge >= 0.3 is 0 Å². The summed E-state index contributed by atoms with van der Waals surface area (Å²) < 4.78 is 37.6. The van der Waals surface area contributed by atoms with E-state index in [0.29, 0.717) is 11.5 Å². The zero-order chi connectivity index (χ0) is 17.9. The molecule has 0 amide bonds. The SMILES string of the molecule is COc1cccc(CN(C)S(=O)(=O)c2ccc(C)c(C)c2)c1OC. The summed E-state index contributed by atoms with van der Waals surface area (Å²) in [6.07, 6.45) is 0. The van der Waals surface area contributed by atoms with Crippen LogP contribution < -0.4 is 9.47 Å². The van der Waals surface area contributed by atoms with Gasteiger partial charge in [-0.1, -0.05) is 18.2 Å². The van der Waals surface area contributed by atoms with E-state index in [-0.39, 0.29) is 11.4 Å². The molecule has 0 spiro atoms. The van der Waals surface area contributed by atoms with Gasteiger partial charge in [0, 0.05) is 19.2 Å². The summed E-state index contributed by atoms with van der Waals surface area (Å²) >= 11 is 0. The van der Waals surface area contributed by atoms with Crippen LogP contribution in [0.3, 0.4) is 0 Å². The molecule has 5 nitrogen and oxygen atoms in total. The zero-order valence-corrected chi connectivity index (χ0v) is 15.5. The van der Waals surface area contributed by atoms with E-state index in [1.54, 1.807) is 39.5 Å². The number of ether oxygens (including phenoxy) is 2. The third-order valence-corrected chi connectivity index (χ3v) is 5.86. The summed E-state index contributed by atoms with van der Waals surface area (Å²) in [7, 11) is 1.07. The number of methoxy groups -OCH3 is 2. The highest BCUT2D eigenvalue weighted by atomic mass is 32.2. The summed E-state index contributed by atoms with van der Waals surface area (Å²) in [5.41, 5.74) is 2.75. The predicted octanol–water partition coefficient (Wildman–Crippen LogP) is 3.14. The largest absolute Gasteiger partial charge is 0.493 e. The van der Waals surface area contributed by atoms with E-state index in [1.165, 1.54) is 4.31 Å². The van der Waals surface area contributed by atoms with Crippen LogP contribution in [-0.4, -0.2) is 34.0 Å². The van der Waals surface area contributed by atoms with E-state index < -0.39 is 10.0 Å². The van der Waals surface area contributed by atoms with Crippen LogP contribution in [0.1, 0.15) is 16.7 Å². The second-order valence-corrected chi connectivity index (χ2v) is 7.70. The molecule has 6 heteroatoms. The van der Waals surface area contributed by atoms with Crippen LogP contribution in [-0.2, 0) is 16.6 Å². The van der Waals surface area contributed by atoms with E-state index in [1.807, 2.05) is 32.0 Å². The van der Waals surface area contributed by atoms with Crippen molar-refractivity contribution in [2.75, 3.05) is 21.3 Å². The Balaban J connectivity index is 2.35. The lowest BCUT2D eigenvalue weighted by Gasteiger charge is -2.20. The Morgan fingerprint density at radius 2 is 1.71 bits per heavy atom. The van der Waals surface area contributed by atoms with Gasteiger partial charge < -0.3 is 9.47 Å². The van der Waals surface area contributed by atoms with Crippen LogP contribution in [0, 0.1) is 13.8 Å². The lowest BCUT2D eigenvalue weighted by molar-refractivity contribution is 0.347. The van der Waals surface area contributed by atoms with E-state index >= 15 is 0 Å². The summed E-state index contributed by atoms with van der Waals surface area (Å²) in [5.74, 6) is 1.12. The third-order valence-electron chi connectivity index (χ3n) is 4.06. The third kappa shape index (κ3) is 3.55. The van der Waals surface area contributed by atoms with Crippen LogP contribution in [0.25, 0.3) is 0 Å². The highest BCUT2D eigenvalue weighted by molar-refractivity contribution is 7.89. The van der Waals surface area contributed by atoms with Gasteiger partial charge in [-0.05, 0) is 43.2 Å². The van der Waals surface area contributed by atoms with Gasteiger partial charge in [-0.25, -0.2) is 8.42 Å². The average Bonchev–Trinajstić information content (AvgIpc) is 2.56. The smallest absolute Gasteiger partial charge is 0.243 e. The van der Waals surface area contributed by atoms with Crippen molar-refractivity contribution in [2.45, 2.75) is 25.3 Å². The fourth-order valence-electron chi connectivity index (χ4n) is 2.46. The molecule has 2 aromatic rings. The summed E-state index contributed by atoms with van der Waals surface area (Å²) in [4.78, 5) is 0.287. The van der Waals surface area contributed by atoms with Crippen molar-refractivity contribution in [1.29, 1.82) is 0 Å². The molecule has 0 bridgehead atoms. The van der Waals surface area contributed by atoms with Gasteiger partial charge in [0.05, 0.1) is 19.1 Å². The van der Waals surface area contributed by atoms with Crippen LogP contribution in [0.15, 0.2) is 41.3 Å². The molecule has 0 radical (unpaired) electrons. The minimum Gasteiger partial charge on any atom is -0.493 e. The van der Waals surface area contributed by atoms with Crippen molar-refractivity contribution in [3.8, 4) is 11.5 Å². The minimum absolute atomic E-state index is 0.190. The van der Waals surface area contributed by atoms with E-state index in [0.717, 1.165) is 16.7 Å². The number of aryl methyl sites for hydroxylation is 2. The first-order valence-corrected chi connectivity index (χ1v) is 8.98. The molecule has 0 aliphatic heterocycles. The molecule has 0 saturated heterocycles. The number of hydrogen-bond acceptors (Lipinski definition) is 4. The molecular weight excluding hydrogens is 326 g/mol. The number of hydrogen-bond donors (Lipinski definition) is 0. The van der Waals surface area contributed by atoms with Crippen LogP contribution in [0.4, 0.5) is 0 Å². The van der Waals surface area contributed by atoms with Crippen LogP contribution in [0.2, 0.25) is 0 Å². The normalized spacial score (nSPS) is 11.6. The molecular formula is C18H23NO4S. The molecule has 24 heavy (non-hydrogen) atoms. The standard InChI is InChI=1S/C18H23NO4S/c1-13-9-10-16(11-14(13)2)24(20,21)19(3)12-15-7-6-8-17(22-4)18(15)23-5/h6-11H,12H2,1-5H3. The quantitative estimate of drug-likeness (QED) is 0.804. The zero-order valence-electron chi connectivity index (χ0n) is 14.7. The van der Waals surface area contributed by atoms with Gasteiger partial charge in [-0.2, -0.15) is 4.31 Å². The molecule has 0 heterocycles. The van der Waals surface area contributed by atoms with E-state index in [9.17, 15) is 8.42 Å². The Kier molecular flexibility index (Phi) is 5.51. The highest BCUT2D eigenvalue weighted by Crippen LogP contribution is 2.32. The Labute approximate surface area is 143 Å². The van der Waals surface area contributed by atoms with E-state index in [2.05, 4.69) is 0 Å². The number of nitrogens with zero attached hydrogens (tertiary/aromatic N) is 1. The summed E-state index contributed by atoms with van der Waals surface area (Å²) in [6.45, 7) is 4.05. The Morgan fingerprint density at radius 3 is 2.29 bits per heavy atom. The molecule has 0 saturated carbocycles. The first-order valence-electron chi connectivity index (χ1n) is 7.54. The average molecular weight is 349 g/mol. The van der Waals surface area contributed by atoms with Crippen molar-refractivity contribution < 1.29 is 17.9 Å². The molecule has 0 fully saturated rings. The Bertz CT molecular complexity index is 831. The first kappa shape index (κ1) is 18.3. The fourth-order valence-corrected chi connectivity index (χ4v) is 3.69. The van der Waals surface area contributed by atoms with Crippen molar-refractivity contribution in [1.82, 2.24) is 4.31 Å². The number of benzene rings is 2. The van der Waals surface area contributed by atoms with Crippen LogP contribution >= 0.6 is 0 Å². The van der Waals surface area contributed by atoms with Gasteiger partial charge in [-0.3, -0.25) is 0 Å². The maximum atomic E-state index is 12.8. The first-order chi connectivity index (χ1) is 11.3.